The Bertz CT molecular complexity index is 495. The number of ether oxygens (including phenoxy) is 1. The molecule has 1 aromatic rings. The highest BCUT2D eigenvalue weighted by Crippen LogP contribution is 2.24. The monoisotopic (exact) mass is 287 g/mol. The molecular formula is C17H25N3O. The molecule has 0 radical (unpaired) electrons. The first-order valence-electron chi connectivity index (χ1n) is 7.88. The van der Waals surface area contributed by atoms with Crippen LogP contribution >= 0.6 is 0 Å². The standard InChI is InChI=1S/C17H25N3O/c1-3-7-19-12-14-5-6-17(15(10-14)11-18)20-8-9-21-16(4-2)13-20/h5-6,10,16,19H,3-4,7-9,12-13H2,1-2H3. The molecule has 0 aliphatic carbocycles. The van der Waals surface area contributed by atoms with Gasteiger partial charge in [-0.05, 0) is 37.1 Å². The van der Waals surface area contributed by atoms with E-state index in [0.717, 1.165) is 56.9 Å². The van der Waals surface area contributed by atoms with Crippen LogP contribution in [0.5, 0.6) is 0 Å². The minimum atomic E-state index is 0.274. The van der Waals surface area contributed by atoms with E-state index in [4.69, 9.17) is 4.74 Å². The van der Waals surface area contributed by atoms with Crippen LogP contribution in [-0.2, 0) is 11.3 Å². The van der Waals surface area contributed by atoms with Crippen LogP contribution in [0.15, 0.2) is 18.2 Å². The van der Waals surface area contributed by atoms with Crippen molar-refractivity contribution in [1.29, 1.82) is 5.26 Å². The lowest BCUT2D eigenvalue weighted by molar-refractivity contribution is 0.0384. The number of nitrogens with zero attached hydrogens (tertiary/aromatic N) is 2. The first-order valence-corrected chi connectivity index (χ1v) is 7.88. The van der Waals surface area contributed by atoms with Crippen molar-refractivity contribution in [1.82, 2.24) is 5.32 Å². The second-order valence-electron chi connectivity index (χ2n) is 5.49. The number of nitriles is 1. The molecule has 2 rings (SSSR count). The zero-order chi connectivity index (χ0) is 15.1. The van der Waals surface area contributed by atoms with E-state index in [1.165, 1.54) is 5.56 Å². The number of rotatable bonds is 6. The minimum Gasteiger partial charge on any atom is -0.375 e. The third-order valence-corrected chi connectivity index (χ3v) is 3.87. The van der Waals surface area contributed by atoms with Crippen molar-refractivity contribution in [3.8, 4) is 6.07 Å². The predicted molar refractivity (Wildman–Crippen MR) is 85.4 cm³/mol. The molecule has 4 nitrogen and oxygen atoms in total. The molecular weight excluding hydrogens is 262 g/mol. The van der Waals surface area contributed by atoms with E-state index in [2.05, 4.69) is 42.3 Å². The van der Waals surface area contributed by atoms with E-state index in [9.17, 15) is 5.26 Å². The molecule has 1 aliphatic rings. The maximum atomic E-state index is 9.44. The molecule has 0 aromatic heterocycles. The van der Waals surface area contributed by atoms with E-state index >= 15 is 0 Å². The lowest BCUT2D eigenvalue weighted by Gasteiger charge is -2.34. The largest absolute Gasteiger partial charge is 0.375 e. The second-order valence-corrected chi connectivity index (χ2v) is 5.49. The lowest BCUT2D eigenvalue weighted by atomic mass is 10.1. The van der Waals surface area contributed by atoms with Gasteiger partial charge in [-0.2, -0.15) is 5.26 Å². The molecule has 0 saturated carbocycles. The Morgan fingerprint density at radius 1 is 1.43 bits per heavy atom. The molecule has 114 valence electrons. The van der Waals surface area contributed by atoms with E-state index < -0.39 is 0 Å². The van der Waals surface area contributed by atoms with Crippen LogP contribution in [0.3, 0.4) is 0 Å². The fourth-order valence-corrected chi connectivity index (χ4v) is 2.65. The summed E-state index contributed by atoms with van der Waals surface area (Å²) in [6.45, 7) is 8.59. The third-order valence-electron chi connectivity index (χ3n) is 3.87. The van der Waals surface area contributed by atoms with Crippen LogP contribution < -0.4 is 10.2 Å². The van der Waals surface area contributed by atoms with E-state index in [-0.39, 0.29) is 6.10 Å². The van der Waals surface area contributed by atoms with Gasteiger partial charge < -0.3 is 15.0 Å². The number of morpholine rings is 1. The van der Waals surface area contributed by atoms with E-state index in [1.54, 1.807) is 0 Å². The molecule has 4 heteroatoms. The summed E-state index contributed by atoms with van der Waals surface area (Å²) < 4.78 is 5.71. The SMILES string of the molecule is CCCNCc1ccc(N2CCOC(CC)C2)c(C#N)c1. The Balaban J connectivity index is 2.10. The second kappa shape index (κ2) is 8.02. The minimum absolute atomic E-state index is 0.274. The Hall–Kier alpha value is -1.57. The highest BCUT2D eigenvalue weighted by atomic mass is 16.5. The molecule has 1 heterocycles. The maximum Gasteiger partial charge on any atom is 0.101 e. The van der Waals surface area contributed by atoms with Gasteiger partial charge in [0.25, 0.3) is 0 Å². The van der Waals surface area contributed by atoms with Crippen LogP contribution in [0.4, 0.5) is 5.69 Å². The van der Waals surface area contributed by atoms with Crippen molar-refractivity contribution in [3.05, 3.63) is 29.3 Å². The highest BCUT2D eigenvalue weighted by molar-refractivity contribution is 5.60. The zero-order valence-electron chi connectivity index (χ0n) is 13.1. The van der Waals surface area contributed by atoms with Crippen molar-refractivity contribution in [3.63, 3.8) is 0 Å². The Morgan fingerprint density at radius 3 is 3.00 bits per heavy atom. The number of benzene rings is 1. The van der Waals surface area contributed by atoms with Gasteiger partial charge in [-0.25, -0.2) is 0 Å². The smallest absolute Gasteiger partial charge is 0.101 e. The highest BCUT2D eigenvalue weighted by Gasteiger charge is 2.21. The molecule has 1 N–H and O–H groups in total. The predicted octanol–water partition coefficient (Wildman–Crippen LogP) is 2.67. The molecule has 0 bridgehead atoms. The Labute approximate surface area is 127 Å². The normalized spacial score (nSPS) is 18.5. The summed E-state index contributed by atoms with van der Waals surface area (Å²) in [5, 5.41) is 12.8. The number of hydrogen-bond donors (Lipinski definition) is 1. The summed E-state index contributed by atoms with van der Waals surface area (Å²) in [6.07, 6.45) is 2.41. The number of anilines is 1. The van der Waals surface area contributed by atoms with Gasteiger partial charge in [0.1, 0.15) is 6.07 Å². The van der Waals surface area contributed by atoms with Crippen LogP contribution in [-0.4, -0.2) is 32.3 Å². The summed E-state index contributed by atoms with van der Waals surface area (Å²) in [4.78, 5) is 2.28. The molecule has 1 aromatic carbocycles. The average molecular weight is 287 g/mol. The van der Waals surface area contributed by atoms with Gasteiger partial charge in [-0.1, -0.05) is 19.9 Å². The Morgan fingerprint density at radius 2 is 2.29 bits per heavy atom. The third kappa shape index (κ3) is 4.20. The van der Waals surface area contributed by atoms with Crippen molar-refractivity contribution in [2.45, 2.75) is 39.3 Å². The van der Waals surface area contributed by atoms with E-state index in [1.807, 2.05) is 6.07 Å². The molecule has 1 fully saturated rings. The average Bonchev–Trinajstić information content (AvgIpc) is 2.55. The van der Waals surface area contributed by atoms with Crippen molar-refractivity contribution >= 4 is 5.69 Å². The van der Waals surface area contributed by atoms with E-state index in [0.29, 0.717) is 0 Å². The maximum absolute atomic E-state index is 9.44. The van der Waals surface area contributed by atoms with Crippen LogP contribution in [0.25, 0.3) is 0 Å². The van der Waals surface area contributed by atoms with Crippen molar-refractivity contribution in [2.24, 2.45) is 0 Å². The quantitative estimate of drug-likeness (QED) is 0.817. The molecule has 0 amide bonds. The first-order chi connectivity index (χ1) is 10.3. The Kier molecular flexibility index (Phi) is 6.04. The first kappa shape index (κ1) is 15.8. The van der Waals surface area contributed by atoms with Gasteiger partial charge in [-0.3, -0.25) is 0 Å². The molecule has 0 spiro atoms. The molecule has 1 unspecified atom stereocenters. The topological polar surface area (TPSA) is 48.3 Å². The molecule has 1 saturated heterocycles. The fraction of sp³-hybridized carbons (Fsp3) is 0.588. The van der Waals surface area contributed by atoms with Gasteiger partial charge in [0.05, 0.1) is 24.0 Å². The van der Waals surface area contributed by atoms with Gasteiger partial charge in [0.15, 0.2) is 0 Å². The summed E-state index contributed by atoms with van der Waals surface area (Å²) in [6, 6.07) is 8.56. The van der Waals surface area contributed by atoms with Gasteiger partial charge in [-0.15, -0.1) is 0 Å². The summed E-state index contributed by atoms with van der Waals surface area (Å²) in [5.74, 6) is 0. The zero-order valence-corrected chi connectivity index (χ0v) is 13.1. The van der Waals surface area contributed by atoms with Crippen molar-refractivity contribution in [2.75, 3.05) is 31.1 Å². The lowest BCUT2D eigenvalue weighted by Crippen LogP contribution is -2.42. The molecule has 1 atom stereocenters. The van der Waals surface area contributed by atoms with Crippen molar-refractivity contribution < 1.29 is 4.74 Å². The summed E-state index contributed by atoms with van der Waals surface area (Å²) >= 11 is 0. The number of nitrogens with one attached hydrogen (secondary N) is 1. The van der Waals surface area contributed by atoms with Crippen LogP contribution in [0.1, 0.15) is 37.8 Å². The molecule has 1 aliphatic heterocycles. The summed E-state index contributed by atoms with van der Waals surface area (Å²) in [7, 11) is 0. The fourth-order valence-electron chi connectivity index (χ4n) is 2.65. The van der Waals surface area contributed by atoms with Gasteiger partial charge in [0.2, 0.25) is 0 Å². The summed E-state index contributed by atoms with van der Waals surface area (Å²) in [5.41, 5.74) is 2.98. The van der Waals surface area contributed by atoms with Crippen LogP contribution in [0, 0.1) is 11.3 Å². The van der Waals surface area contributed by atoms with Gasteiger partial charge >= 0.3 is 0 Å². The van der Waals surface area contributed by atoms with Crippen LogP contribution in [0.2, 0.25) is 0 Å². The van der Waals surface area contributed by atoms with Gasteiger partial charge in [0, 0.05) is 19.6 Å². The number of hydrogen-bond acceptors (Lipinski definition) is 4. The molecule has 21 heavy (non-hydrogen) atoms.